The van der Waals surface area contributed by atoms with E-state index in [2.05, 4.69) is 96.8 Å². The van der Waals surface area contributed by atoms with Gasteiger partial charge in [-0.05, 0) is 59.0 Å². The molecule has 2 aromatic heterocycles. The smallest absolute Gasteiger partial charge is 0.124 e. The van der Waals surface area contributed by atoms with E-state index in [9.17, 15) is 0 Å². The van der Waals surface area contributed by atoms with E-state index in [0.29, 0.717) is 0 Å². The van der Waals surface area contributed by atoms with Crippen LogP contribution >= 0.6 is 0 Å². The Labute approximate surface area is 213 Å². The summed E-state index contributed by atoms with van der Waals surface area (Å²) in [5, 5.41) is 7.18. The van der Waals surface area contributed by atoms with Crippen molar-refractivity contribution in [2.24, 2.45) is 10.8 Å². The van der Waals surface area contributed by atoms with E-state index in [4.69, 9.17) is 9.97 Å². The molecule has 186 valence electrons. The highest BCUT2D eigenvalue weighted by Crippen LogP contribution is 2.41. The van der Waals surface area contributed by atoms with E-state index >= 15 is 0 Å². The minimum Gasteiger partial charge on any atom is -0.341 e. The zero-order valence-electron chi connectivity index (χ0n) is 21.7. The SMILES string of the molecule is CC1(C)CCN[C@H]1c1ncc(-c2ccc(-c3ccc(-c4cnc([C@@H]5NCCC5(C)C)[nH]4)cc3)cc2)[nH]1. The van der Waals surface area contributed by atoms with Crippen LogP contribution in [0.5, 0.6) is 0 Å². The molecule has 6 heteroatoms. The number of hydrogen-bond donors (Lipinski definition) is 4. The Kier molecular flexibility index (Phi) is 5.61. The van der Waals surface area contributed by atoms with Crippen molar-refractivity contribution < 1.29 is 0 Å². The molecule has 0 radical (unpaired) electrons. The Bertz CT molecular complexity index is 1240. The highest BCUT2D eigenvalue weighted by atomic mass is 15.1. The maximum atomic E-state index is 4.69. The first-order valence-electron chi connectivity index (χ1n) is 13.1. The van der Waals surface area contributed by atoms with E-state index in [-0.39, 0.29) is 22.9 Å². The van der Waals surface area contributed by atoms with E-state index < -0.39 is 0 Å². The minimum atomic E-state index is 0.215. The molecule has 0 unspecified atom stereocenters. The van der Waals surface area contributed by atoms with Gasteiger partial charge in [0.05, 0.1) is 35.9 Å². The second-order valence-electron chi connectivity index (χ2n) is 11.8. The summed E-state index contributed by atoms with van der Waals surface area (Å²) >= 11 is 0. The van der Waals surface area contributed by atoms with Crippen molar-refractivity contribution in [3.8, 4) is 33.6 Å². The third-order valence-electron chi connectivity index (χ3n) is 8.26. The summed E-state index contributed by atoms with van der Waals surface area (Å²) in [4.78, 5) is 16.5. The number of rotatable bonds is 5. The first kappa shape index (κ1) is 23.2. The van der Waals surface area contributed by atoms with Crippen molar-refractivity contribution in [3.63, 3.8) is 0 Å². The Morgan fingerprint density at radius 2 is 0.944 bits per heavy atom. The van der Waals surface area contributed by atoms with Gasteiger partial charge in [-0.25, -0.2) is 9.97 Å². The fraction of sp³-hybridized carbons (Fsp3) is 0.400. The molecule has 2 aliphatic rings. The predicted molar refractivity (Wildman–Crippen MR) is 145 cm³/mol. The zero-order chi connectivity index (χ0) is 24.9. The van der Waals surface area contributed by atoms with Crippen LogP contribution in [-0.2, 0) is 0 Å². The standard InChI is InChI=1S/C30H36N6/c1-29(2)13-15-31-25(29)27-33-17-23(35-27)21-9-5-19(6-10-21)20-7-11-22(12-8-20)24-18-34-28(36-24)26-30(3,4)14-16-32-26/h5-12,17-18,25-26,31-32H,13-16H2,1-4H3,(H,33,35)(H,34,36)/t25-,26-/m0/s1. The van der Waals surface area contributed by atoms with Crippen molar-refractivity contribution >= 4 is 0 Å². The van der Waals surface area contributed by atoms with Gasteiger partial charge < -0.3 is 20.6 Å². The lowest BCUT2D eigenvalue weighted by molar-refractivity contribution is 0.310. The first-order chi connectivity index (χ1) is 17.3. The molecule has 4 N–H and O–H groups in total. The average molecular weight is 481 g/mol. The molecule has 0 saturated carbocycles. The number of aromatic nitrogens is 4. The van der Waals surface area contributed by atoms with Gasteiger partial charge in [0.25, 0.3) is 0 Å². The second-order valence-corrected chi connectivity index (χ2v) is 11.8. The molecule has 2 aromatic carbocycles. The topological polar surface area (TPSA) is 81.4 Å². The van der Waals surface area contributed by atoms with Crippen molar-refractivity contribution in [2.75, 3.05) is 13.1 Å². The van der Waals surface area contributed by atoms with Crippen LogP contribution in [0, 0.1) is 10.8 Å². The number of aromatic amines is 2. The van der Waals surface area contributed by atoms with Gasteiger partial charge in [-0.15, -0.1) is 0 Å². The Morgan fingerprint density at radius 3 is 1.28 bits per heavy atom. The van der Waals surface area contributed by atoms with Crippen molar-refractivity contribution in [1.82, 2.24) is 30.6 Å². The van der Waals surface area contributed by atoms with Crippen LogP contribution < -0.4 is 10.6 Å². The zero-order valence-corrected chi connectivity index (χ0v) is 21.7. The molecule has 4 aromatic rings. The van der Waals surface area contributed by atoms with Gasteiger partial charge in [-0.2, -0.15) is 0 Å². The summed E-state index contributed by atoms with van der Waals surface area (Å²) in [5.41, 5.74) is 7.26. The van der Waals surface area contributed by atoms with Crippen LogP contribution in [0.15, 0.2) is 60.9 Å². The summed E-state index contributed by atoms with van der Waals surface area (Å²) in [6, 6.07) is 18.0. The molecular weight excluding hydrogens is 444 g/mol. The van der Waals surface area contributed by atoms with E-state index in [1.807, 2.05) is 12.4 Å². The molecule has 2 atom stereocenters. The van der Waals surface area contributed by atoms with Crippen LogP contribution in [0.3, 0.4) is 0 Å². The summed E-state index contributed by atoms with van der Waals surface area (Å²) in [7, 11) is 0. The summed E-state index contributed by atoms with van der Waals surface area (Å²) in [5.74, 6) is 2.06. The van der Waals surface area contributed by atoms with Gasteiger partial charge >= 0.3 is 0 Å². The average Bonchev–Trinajstić information content (AvgIpc) is 3.65. The molecule has 2 fully saturated rings. The summed E-state index contributed by atoms with van der Waals surface area (Å²) in [6.07, 6.45) is 6.24. The lowest BCUT2D eigenvalue weighted by Gasteiger charge is -2.24. The number of benzene rings is 2. The van der Waals surface area contributed by atoms with E-state index in [1.165, 1.54) is 24.0 Å². The molecule has 0 amide bonds. The Morgan fingerprint density at radius 1 is 0.583 bits per heavy atom. The number of H-pyrrole nitrogens is 2. The van der Waals surface area contributed by atoms with E-state index in [0.717, 1.165) is 47.3 Å². The fourth-order valence-corrected chi connectivity index (χ4v) is 5.80. The largest absolute Gasteiger partial charge is 0.341 e. The van der Waals surface area contributed by atoms with Gasteiger partial charge in [0.1, 0.15) is 11.6 Å². The number of nitrogens with one attached hydrogen (secondary N) is 4. The lowest BCUT2D eigenvalue weighted by atomic mass is 9.84. The highest BCUT2D eigenvalue weighted by Gasteiger charge is 2.38. The first-order valence-corrected chi connectivity index (χ1v) is 13.1. The second kappa shape index (κ2) is 8.71. The normalized spacial score (nSPS) is 22.8. The van der Waals surface area contributed by atoms with Crippen LogP contribution in [-0.4, -0.2) is 33.0 Å². The summed E-state index contributed by atoms with van der Waals surface area (Å²) < 4.78 is 0. The van der Waals surface area contributed by atoms with Gasteiger partial charge in [0, 0.05) is 0 Å². The maximum Gasteiger partial charge on any atom is 0.124 e. The Hall–Kier alpha value is -3.22. The fourth-order valence-electron chi connectivity index (χ4n) is 5.80. The number of imidazole rings is 2. The van der Waals surface area contributed by atoms with Gasteiger partial charge in [0.15, 0.2) is 0 Å². The van der Waals surface area contributed by atoms with Gasteiger partial charge in [0.2, 0.25) is 0 Å². The molecule has 0 aliphatic carbocycles. The minimum absolute atomic E-state index is 0.215. The van der Waals surface area contributed by atoms with Crippen LogP contribution in [0.25, 0.3) is 33.6 Å². The highest BCUT2D eigenvalue weighted by molar-refractivity contribution is 5.71. The van der Waals surface area contributed by atoms with Crippen molar-refractivity contribution in [1.29, 1.82) is 0 Å². The number of nitrogens with zero attached hydrogens (tertiary/aromatic N) is 2. The van der Waals surface area contributed by atoms with Gasteiger partial charge in [-0.3, -0.25) is 0 Å². The molecule has 2 aliphatic heterocycles. The van der Waals surface area contributed by atoms with Crippen molar-refractivity contribution in [2.45, 2.75) is 52.6 Å². The molecule has 6 rings (SSSR count). The summed E-state index contributed by atoms with van der Waals surface area (Å²) in [6.45, 7) is 11.3. The molecular formula is C30H36N6. The third kappa shape index (κ3) is 4.18. The molecule has 36 heavy (non-hydrogen) atoms. The van der Waals surface area contributed by atoms with Crippen molar-refractivity contribution in [3.05, 3.63) is 72.6 Å². The molecule has 0 bridgehead atoms. The molecule has 6 nitrogen and oxygen atoms in total. The third-order valence-corrected chi connectivity index (χ3v) is 8.26. The predicted octanol–water partition coefficient (Wildman–Crippen LogP) is 6.26. The monoisotopic (exact) mass is 480 g/mol. The maximum absolute atomic E-state index is 4.69. The van der Waals surface area contributed by atoms with E-state index in [1.54, 1.807) is 0 Å². The number of hydrogen-bond acceptors (Lipinski definition) is 4. The molecule has 0 spiro atoms. The molecule has 2 saturated heterocycles. The van der Waals surface area contributed by atoms with Crippen LogP contribution in [0.1, 0.15) is 64.3 Å². The van der Waals surface area contributed by atoms with Gasteiger partial charge in [-0.1, -0.05) is 76.2 Å². The van der Waals surface area contributed by atoms with Crippen LogP contribution in [0.4, 0.5) is 0 Å². The molecule has 4 heterocycles. The van der Waals surface area contributed by atoms with Crippen LogP contribution in [0.2, 0.25) is 0 Å². The quantitative estimate of drug-likeness (QED) is 0.272. The lowest BCUT2D eigenvalue weighted by Crippen LogP contribution is -2.24. The Balaban J connectivity index is 1.17.